The van der Waals surface area contributed by atoms with Gasteiger partial charge in [-0.05, 0) is 46.7 Å². The number of alkyl halides is 4. The van der Waals surface area contributed by atoms with Crippen molar-refractivity contribution in [3.05, 3.63) is 26.6 Å². The third kappa shape index (κ3) is 3.38. The molecule has 0 radical (unpaired) electrons. The highest BCUT2D eigenvalue weighted by Crippen LogP contribution is 2.40. The van der Waals surface area contributed by atoms with Gasteiger partial charge in [0, 0.05) is 13.1 Å². The second-order valence-corrected chi connectivity index (χ2v) is 8.75. The molecule has 1 aliphatic rings. The molecule has 0 unspecified atom stereocenters. The third-order valence-electron chi connectivity index (χ3n) is 3.84. The summed E-state index contributed by atoms with van der Waals surface area (Å²) < 4.78 is 53.7. The highest BCUT2D eigenvalue weighted by atomic mass is 127. The number of nitrogens with one attached hydrogen (secondary N) is 1. The Balaban J connectivity index is 1.93. The van der Waals surface area contributed by atoms with Crippen LogP contribution in [0.15, 0.2) is 18.2 Å². The van der Waals surface area contributed by atoms with Crippen molar-refractivity contribution in [2.75, 3.05) is 25.5 Å². The molecule has 1 amide bonds. The van der Waals surface area contributed by atoms with Gasteiger partial charge in [0.15, 0.2) is 0 Å². The van der Waals surface area contributed by atoms with Gasteiger partial charge in [-0.25, -0.2) is 4.39 Å². The van der Waals surface area contributed by atoms with Crippen molar-refractivity contribution in [3.63, 3.8) is 0 Å². The Labute approximate surface area is 153 Å². The van der Waals surface area contributed by atoms with E-state index in [1.54, 1.807) is 30.1 Å². The molecule has 9 heteroatoms. The molecule has 1 saturated heterocycles. The van der Waals surface area contributed by atoms with Crippen molar-refractivity contribution < 1.29 is 22.4 Å². The molecule has 2 heterocycles. The first-order valence-corrected chi connectivity index (χ1v) is 8.94. The summed E-state index contributed by atoms with van der Waals surface area (Å²) in [5, 5.41) is 2.98. The van der Waals surface area contributed by atoms with Crippen molar-refractivity contribution in [2.45, 2.75) is 18.3 Å². The molecule has 1 aromatic heterocycles. The molecule has 1 fully saturated rings. The Bertz CT molecular complexity index is 799. The van der Waals surface area contributed by atoms with Gasteiger partial charge in [0.1, 0.15) is 0 Å². The van der Waals surface area contributed by atoms with Crippen LogP contribution in [0.4, 0.5) is 23.2 Å². The number of halogens is 5. The number of benzene rings is 1. The molecular formula is C15H13F4IN2OS. The molecule has 130 valence electrons. The monoisotopic (exact) mass is 472 g/mol. The van der Waals surface area contributed by atoms with Crippen LogP contribution < -0.4 is 5.32 Å². The lowest BCUT2D eigenvalue weighted by molar-refractivity contribution is -0.137. The number of fused-ring (bicyclic) bond motifs is 1. The van der Waals surface area contributed by atoms with Gasteiger partial charge in [-0.1, -0.05) is 12.1 Å². The van der Waals surface area contributed by atoms with Gasteiger partial charge in [-0.15, -0.1) is 11.3 Å². The fourth-order valence-corrected chi connectivity index (χ4v) is 4.95. The predicted molar refractivity (Wildman–Crippen MR) is 94.3 cm³/mol. The van der Waals surface area contributed by atoms with Gasteiger partial charge in [-0.3, -0.25) is 9.69 Å². The predicted octanol–water partition coefficient (Wildman–Crippen LogP) is 4.20. The molecule has 0 spiro atoms. The summed E-state index contributed by atoms with van der Waals surface area (Å²) in [5.41, 5.74) is -1.41. The summed E-state index contributed by atoms with van der Waals surface area (Å²) in [7, 11) is 1.71. The minimum atomic E-state index is -4.31. The minimum absolute atomic E-state index is 0.0100. The van der Waals surface area contributed by atoms with Crippen molar-refractivity contribution in [1.29, 1.82) is 0 Å². The molecule has 24 heavy (non-hydrogen) atoms. The van der Waals surface area contributed by atoms with Crippen LogP contribution in [-0.2, 0) is 11.2 Å². The maximum atomic E-state index is 14.3. The number of thiophene rings is 1. The van der Waals surface area contributed by atoms with Crippen LogP contribution in [0.3, 0.4) is 0 Å². The molecule has 2 aromatic rings. The highest BCUT2D eigenvalue weighted by molar-refractivity contribution is 14.1. The summed E-state index contributed by atoms with van der Waals surface area (Å²) >= 11 is 3.03. The minimum Gasteiger partial charge on any atom is -0.322 e. The first-order valence-electron chi connectivity index (χ1n) is 7.05. The molecular weight excluding hydrogens is 459 g/mol. The average Bonchev–Trinajstić information content (AvgIpc) is 2.73. The standard InChI is InChI=1S/C15H13F4IN2OS/c1-22-6-14(16,7-22)13(23)21-10-4-2-3-8-9(5-15(17,18)19)12(20)24-11(8)10/h2-4H,5-7H2,1H3,(H,21,23). The second kappa shape index (κ2) is 6.10. The van der Waals surface area contributed by atoms with Crippen LogP contribution in [0.5, 0.6) is 0 Å². The number of anilines is 1. The largest absolute Gasteiger partial charge is 0.393 e. The van der Waals surface area contributed by atoms with E-state index in [4.69, 9.17) is 0 Å². The Hall–Kier alpha value is -0.940. The van der Waals surface area contributed by atoms with E-state index in [-0.39, 0.29) is 18.7 Å². The number of hydrogen-bond acceptors (Lipinski definition) is 3. The van der Waals surface area contributed by atoms with Crippen LogP contribution >= 0.6 is 33.9 Å². The normalized spacial score (nSPS) is 17.8. The maximum absolute atomic E-state index is 14.3. The van der Waals surface area contributed by atoms with Crippen molar-refractivity contribution in [3.8, 4) is 0 Å². The lowest BCUT2D eigenvalue weighted by Gasteiger charge is -2.40. The zero-order valence-corrected chi connectivity index (χ0v) is 15.5. The molecule has 3 nitrogen and oxygen atoms in total. The van der Waals surface area contributed by atoms with Crippen molar-refractivity contribution >= 4 is 55.6 Å². The zero-order chi connectivity index (χ0) is 17.7. The number of carbonyl (C=O) groups is 1. The van der Waals surface area contributed by atoms with Gasteiger partial charge in [0.05, 0.1) is 19.7 Å². The maximum Gasteiger partial charge on any atom is 0.393 e. The fourth-order valence-electron chi connectivity index (χ4n) is 2.79. The van der Waals surface area contributed by atoms with Gasteiger partial charge >= 0.3 is 6.18 Å². The Morgan fingerprint density at radius 2 is 2.08 bits per heavy atom. The lowest BCUT2D eigenvalue weighted by atomic mass is 9.96. The third-order valence-corrected chi connectivity index (χ3v) is 6.22. The van der Waals surface area contributed by atoms with E-state index in [1.165, 1.54) is 0 Å². The number of hydrogen-bond donors (Lipinski definition) is 1. The number of nitrogens with zero attached hydrogens (tertiary/aromatic N) is 1. The van der Waals surface area contributed by atoms with Crippen LogP contribution in [-0.4, -0.2) is 42.8 Å². The summed E-state index contributed by atoms with van der Waals surface area (Å²) in [5.74, 6) is -0.756. The van der Waals surface area contributed by atoms with Crippen LogP contribution in [0.2, 0.25) is 0 Å². The number of rotatable bonds is 3. The van der Waals surface area contributed by atoms with Gasteiger partial charge in [0.2, 0.25) is 5.67 Å². The van der Waals surface area contributed by atoms with E-state index in [0.29, 0.717) is 18.7 Å². The lowest BCUT2D eigenvalue weighted by Crippen LogP contribution is -2.63. The first-order chi connectivity index (χ1) is 11.1. The zero-order valence-electron chi connectivity index (χ0n) is 12.5. The molecule has 0 atom stereocenters. The smallest absolute Gasteiger partial charge is 0.322 e. The van der Waals surface area contributed by atoms with Gasteiger partial charge < -0.3 is 5.32 Å². The van der Waals surface area contributed by atoms with Crippen molar-refractivity contribution in [1.82, 2.24) is 4.90 Å². The summed E-state index contributed by atoms with van der Waals surface area (Å²) in [4.78, 5) is 13.8. The van der Waals surface area contributed by atoms with Gasteiger partial charge in [0.25, 0.3) is 5.91 Å². The summed E-state index contributed by atoms with van der Waals surface area (Å²) in [6.45, 7) is 0.0201. The number of carbonyl (C=O) groups excluding carboxylic acids is 1. The quantitative estimate of drug-likeness (QED) is 0.537. The summed E-state index contributed by atoms with van der Waals surface area (Å²) in [6.07, 6.45) is -5.34. The van der Waals surface area contributed by atoms with E-state index in [0.717, 1.165) is 11.3 Å². The molecule has 0 bridgehead atoms. The number of likely N-dealkylation sites (tertiary alicyclic amines) is 1. The molecule has 1 N–H and O–H groups in total. The average molecular weight is 472 g/mol. The Kier molecular flexibility index (Phi) is 4.54. The van der Waals surface area contributed by atoms with E-state index in [9.17, 15) is 22.4 Å². The van der Waals surface area contributed by atoms with Crippen LogP contribution in [0.1, 0.15) is 5.56 Å². The van der Waals surface area contributed by atoms with E-state index < -0.39 is 24.2 Å². The van der Waals surface area contributed by atoms with Crippen molar-refractivity contribution in [2.24, 2.45) is 0 Å². The molecule has 0 saturated carbocycles. The molecule has 1 aliphatic heterocycles. The second-order valence-electron chi connectivity index (χ2n) is 5.92. The van der Waals surface area contributed by atoms with E-state index >= 15 is 0 Å². The SMILES string of the molecule is CN1CC(F)(C(=O)Nc2cccc3c(CC(F)(F)F)c(I)sc23)C1. The van der Waals surface area contributed by atoms with E-state index in [1.807, 2.05) is 22.6 Å². The molecule has 1 aromatic carbocycles. The Morgan fingerprint density at radius 1 is 1.42 bits per heavy atom. The number of amides is 1. The van der Waals surface area contributed by atoms with Crippen LogP contribution in [0, 0.1) is 2.88 Å². The first kappa shape index (κ1) is 17.9. The van der Waals surface area contributed by atoms with Crippen LogP contribution in [0.25, 0.3) is 10.1 Å². The highest BCUT2D eigenvalue weighted by Gasteiger charge is 2.48. The fraction of sp³-hybridized carbons (Fsp3) is 0.400. The topological polar surface area (TPSA) is 32.3 Å². The summed E-state index contributed by atoms with van der Waals surface area (Å²) in [6, 6.07) is 4.74. The Morgan fingerprint density at radius 3 is 2.67 bits per heavy atom. The molecule has 0 aliphatic carbocycles. The molecule has 3 rings (SSSR count). The van der Waals surface area contributed by atoms with E-state index in [2.05, 4.69) is 5.32 Å². The van der Waals surface area contributed by atoms with Gasteiger partial charge in [-0.2, -0.15) is 13.2 Å².